The molecule has 0 N–H and O–H groups in total. The molecular weight excluding hydrogens is 655 g/mol. The van der Waals surface area contributed by atoms with Crippen molar-refractivity contribution in [3.8, 4) is 44.5 Å². The molecule has 1 aliphatic rings. The highest BCUT2D eigenvalue weighted by Crippen LogP contribution is 2.43. The molecule has 2 nitrogen and oxygen atoms in total. The molecule has 10 rings (SSSR count). The molecule has 0 unspecified atom stereocenters. The van der Waals surface area contributed by atoms with Gasteiger partial charge in [-0.1, -0.05) is 164 Å². The zero-order valence-electron chi connectivity index (χ0n) is 29.8. The molecule has 0 radical (unpaired) electrons. The number of hydrogen-bond acceptors (Lipinski definition) is 2. The van der Waals surface area contributed by atoms with Crippen LogP contribution in [0.15, 0.2) is 210 Å². The summed E-state index contributed by atoms with van der Waals surface area (Å²) in [4.78, 5) is 2.36. The first-order valence-electron chi connectivity index (χ1n) is 18.7. The highest BCUT2D eigenvalue weighted by atomic mass is 16.3. The normalized spacial score (nSPS) is 12.7. The quantitative estimate of drug-likeness (QED) is 0.165. The van der Waals surface area contributed by atoms with Crippen molar-refractivity contribution in [3.63, 3.8) is 0 Å². The third kappa shape index (κ3) is 5.70. The summed E-state index contributed by atoms with van der Waals surface area (Å²) in [5.74, 6) is 0. The van der Waals surface area contributed by atoms with E-state index >= 15 is 0 Å². The number of nitrogens with zero attached hydrogens (tertiary/aromatic N) is 1. The molecule has 0 bridgehead atoms. The van der Waals surface area contributed by atoms with E-state index in [9.17, 15) is 0 Å². The summed E-state index contributed by atoms with van der Waals surface area (Å²) < 4.78 is 6.76. The number of fused-ring (bicyclic) bond motifs is 5. The molecule has 0 aliphatic heterocycles. The standard InChI is InChI=1S/C52H37NO/c1-4-13-36(14-5-1)38-27-31-43(32-28-38)53(42-17-8-3-9-18-42)44-33-29-39(30-34-44)37-23-25-41(26-24-37)45-21-12-22-48-51-47-20-11-10-19-46(47)49(35-50(51)54-52(45)48)40-15-6-2-7-16-40/h1-2,4-8,10-35H,3,9H2. The number of rotatable bonds is 7. The van der Waals surface area contributed by atoms with Crippen molar-refractivity contribution in [1.82, 2.24) is 0 Å². The van der Waals surface area contributed by atoms with Gasteiger partial charge in [0.05, 0.1) is 0 Å². The minimum Gasteiger partial charge on any atom is -0.455 e. The zero-order chi connectivity index (χ0) is 35.8. The SMILES string of the molecule is C1=CC(N(c2ccc(-c3ccccc3)cc2)c2ccc(-c3ccc(-c4cccc5c4oc4cc(-c6ccccc6)c6ccccc6c45)cc3)cc2)=CCC1. The Kier molecular flexibility index (Phi) is 8.00. The lowest BCUT2D eigenvalue weighted by Crippen LogP contribution is -2.16. The number of anilines is 2. The van der Waals surface area contributed by atoms with E-state index in [0.717, 1.165) is 51.9 Å². The molecular formula is C52H37NO. The van der Waals surface area contributed by atoms with Gasteiger partial charge in [-0.05, 0) is 99.0 Å². The predicted octanol–water partition coefficient (Wildman–Crippen LogP) is 14.8. The van der Waals surface area contributed by atoms with Gasteiger partial charge in [0.2, 0.25) is 0 Å². The molecule has 0 saturated heterocycles. The minimum atomic E-state index is 0.910. The molecule has 1 aromatic heterocycles. The largest absolute Gasteiger partial charge is 0.455 e. The Morgan fingerprint density at radius 3 is 1.56 bits per heavy atom. The minimum absolute atomic E-state index is 0.910. The molecule has 54 heavy (non-hydrogen) atoms. The summed E-state index contributed by atoms with van der Waals surface area (Å²) in [5, 5.41) is 4.75. The molecule has 0 fully saturated rings. The molecule has 0 atom stereocenters. The van der Waals surface area contributed by atoms with Crippen LogP contribution in [-0.4, -0.2) is 0 Å². The second-order valence-corrected chi connectivity index (χ2v) is 14.0. The maximum absolute atomic E-state index is 6.76. The molecule has 256 valence electrons. The van der Waals surface area contributed by atoms with Gasteiger partial charge in [-0.2, -0.15) is 0 Å². The van der Waals surface area contributed by atoms with E-state index in [-0.39, 0.29) is 0 Å². The van der Waals surface area contributed by atoms with Crippen molar-refractivity contribution in [1.29, 1.82) is 0 Å². The first-order chi connectivity index (χ1) is 26.8. The van der Waals surface area contributed by atoms with Crippen molar-refractivity contribution in [2.24, 2.45) is 0 Å². The van der Waals surface area contributed by atoms with Crippen molar-refractivity contribution < 1.29 is 4.42 Å². The first-order valence-corrected chi connectivity index (χ1v) is 18.7. The van der Waals surface area contributed by atoms with Gasteiger partial charge in [-0.25, -0.2) is 0 Å². The Bertz CT molecular complexity index is 2830. The molecule has 0 saturated carbocycles. The number of para-hydroxylation sites is 1. The number of furan rings is 1. The van der Waals surface area contributed by atoms with Crippen LogP contribution in [0.4, 0.5) is 11.4 Å². The summed E-state index contributed by atoms with van der Waals surface area (Å²) >= 11 is 0. The number of hydrogen-bond donors (Lipinski definition) is 0. The van der Waals surface area contributed by atoms with Crippen LogP contribution in [0.1, 0.15) is 12.8 Å². The maximum atomic E-state index is 6.76. The van der Waals surface area contributed by atoms with Gasteiger partial charge in [-0.15, -0.1) is 0 Å². The topological polar surface area (TPSA) is 16.4 Å². The fourth-order valence-corrected chi connectivity index (χ4v) is 8.04. The number of allylic oxidation sites excluding steroid dienone is 3. The van der Waals surface area contributed by atoms with Crippen LogP contribution in [-0.2, 0) is 0 Å². The van der Waals surface area contributed by atoms with Crippen LogP contribution in [0, 0.1) is 0 Å². The predicted molar refractivity (Wildman–Crippen MR) is 228 cm³/mol. The Morgan fingerprint density at radius 1 is 0.407 bits per heavy atom. The van der Waals surface area contributed by atoms with Gasteiger partial charge in [-0.3, -0.25) is 0 Å². The highest BCUT2D eigenvalue weighted by molar-refractivity contribution is 6.23. The van der Waals surface area contributed by atoms with Gasteiger partial charge >= 0.3 is 0 Å². The molecule has 1 heterocycles. The lowest BCUT2D eigenvalue weighted by molar-refractivity contribution is 0.670. The molecule has 8 aromatic carbocycles. The fourth-order valence-electron chi connectivity index (χ4n) is 8.04. The van der Waals surface area contributed by atoms with Gasteiger partial charge in [0.15, 0.2) is 0 Å². The average molecular weight is 692 g/mol. The average Bonchev–Trinajstić information content (AvgIpc) is 3.64. The summed E-state index contributed by atoms with van der Waals surface area (Å²) in [6, 6.07) is 65.3. The van der Waals surface area contributed by atoms with Gasteiger partial charge in [0, 0.05) is 33.4 Å². The number of benzene rings is 8. The smallest absolute Gasteiger partial charge is 0.143 e. The Hall–Kier alpha value is -6.90. The third-order valence-electron chi connectivity index (χ3n) is 10.7. The lowest BCUT2D eigenvalue weighted by Gasteiger charge is -2.28. The van der Waals surface area contributed by atoms with Crippen LogP contribution < -0.4 is 4.90 Å². The van der Waals surface area contributed by atoms with Crippen LogP contribution in [0.5, 0.6) is 0 Å². The summed E-state index contributed by atoms with van der Waals surface area (Å²) in [5.41, 5.74) is 14.7. The van der Waals surface area contributed by atoms with Crippen molar-refractivity contribution >= 4 is 44.1 Å². The van der Waals surface area contributed by atoms with Crippen LogP contribution in [0.3, 0.4) is 0 Å². The highest BCUT2D eigenvalue weighted by Gasteiger charge is 2.18. The van der Waals surface area contributed by atoms with E-state index in [1.54, 1.807) is 0 Å². The molecule has 0 amide bonds. The lowest BCUT2D eigenvalue weighted by atomic mass is 9.94. The molecule has 2 heteroatoms. The fraction of sp³-hybridized carbons (Fsp3) is 0.0385. The van der Waals surface area contributed by atoms with Crippen LogP contribution in [0.25, 0.3) is 77.2 Å². The maximum Gasteiger partial charge on any atom is 0.143 e. The van der Waals surface area contributed by atoms with E-state index in [4.69, 9.17) is 4.42 Å². The Labute approximate surface area is 315 Å². The van der Waals surface area contributed by atoms with E-state index in [1.807, 2.05) is 0 Å². The third-order valence-corrected chi connectivity index (χ3v) is 10.7. The van der Waals surface area contributed by atoms with Crippen LogP contribution >= 0.6 is 0 Å². The van der Waals surface area contributed by atoms with Crippen molar-refractivity contribution in [2.45, 2.75) is 12.8 Å². The molecule has 0 spiro atoms. The second-order valence-electron chi connectivity index (χ2n) is 14.0. The van der Waals surface area contributed by atoms with Gasteiger partial charge < -0.3 is 9.32 Å². The summed E-state index contributed by atoms with van der Waals surface area (Å²) in [6.07, 6.45) is 8.98. The van der Waals surface area contributed by atoms with E-state index in [0.29, 0.717) is 0 Å². The molecule has 9 aromatic rings. The molecule has 1 aliphatic carbocycles. The monoisotopic (exact) mass is 691 g/mol. The van der Waals surface area contributed by atoms with Crippen molar-refractivity contribution in [2.75, 3.05) is 4.90 Å². The van der Waals surface area contributed by atoms with Crippen molar-refractivity contribution in [3.05, 3.63) is 206 Å². The summed E-state index contributed by atoms with van der Waals surface area (Å²) in [6.45, 7) is 0. The van der Waals surface area contributed by atoms with Gasteiger partial charge in [0.25, 0.3) is 0 Å². The van der Waals surface area contributed by atoms with E-state index < -0.39 is 0 Å². The van der Waals surface area contributed by atoms with E-state index in [2.05, 4.69) is 205 Å². The van der Waals surface area contributed by atoms with Gasteiger partial charge in [0.1, 0.15) is 11.2 Å². The van der Waals surface area contributed by atoms with E-state index in [1.165, 1.54) is 55.2 Å². The zero-order valence-corrected chi connectivity index (χ0v) is 29.8. The first kappa shape index (κ1) is 31.8. The second kappa shape index (κ2) is 13.6. The Balaban J connectivity index is 0.977. The van der Waals surface area contributed by atoms with Crippen LogP contribution in [0.2, 0.25) is 0 Å². The summed E-state index contributed by atoms with van der Waals surface area (Å²) in [7, 11) is 0. The Morgan fingerprint density at radius 2 is 0.926 bits per heavy atom.